The number of hydrogen-bond acceptors (Lipinski definition) is 5. The number of nitrogens with zero attached hydrogens (tertiary/aromatic N) is 1. The number of carbonyl (C=O) groups excluding carboxylic acids is 2. The molecule has 29 heavy (non-hydrogen) atoms. The Kier molecular flexibility index (Phi) is 6.76. The van der Waals surface area contributed by atoms with Gasteiger partial charge in [0.2, 0.25) is 11.8 Å². The van der Waals surface area contributed by atoms with E-state index in [1.807, 2.05) is 24.3 Å². The molecule has 1 heterocycles. The molecule has 0 aliphatic carbocycles. The van der Waals surface area contributed by atoms with E-state index in [1.165, 1.54) is 14.2 Å². The van der Waals surface area contributed by atoms with Crippen LogP contribution in [0.5, 0.6) is 11.5 Å². The quantitative estimate of drug-likeness (QED) is 0.660. The molecule has 2 N–H and O–H groups in total. The standard InChI is InChI=1S/C21H23BrN2O5/c1-28-14-7-8-19(29-2)15(10-14)18(25)11-23-21(27)13-9-20(26)24(12-13)17-6-4-3-5-16(17)22/h3-8,10,13,18,25H,9,11-12H2,1-2H3,(H,23,27). The molecule has 0 aromatic heterocycles. The van der Waals surface area contributed by atoms with Crippen molar-refractivity contribution in [2.75, 3.05) is 32.2 Å². The molecule has 1 aliphatic rings. The average Bonchev–Trinajstić information content (AvgIpc) is 3.13. The molecule has 1 saturated heterocycles. The van der Waals surface area contributed by atoms with Gasteiger partial charge in [-0.05, 0) is 46.3 Å². The largest absolute Gasteiger partial charge is 0.497 e. The van der Waals surface area contributed by atoms with Crippen LogP contribution in [0.1, 0.15) is 18.1 Å². The summed E-state index contributed by atoms with van der Waals surface area (Å²) in [7, 11) is 3.05. The maximum atomic E-state index is 12.6. The van der Waals surface area contributed by atoms with Crippen molar-refractivity contribution >= 4 is 33.4 Å². The molecular weight excluding hydrogens is 440 g/mol. The number of nitrogens with one attached hydrogen (secondary N) is 1. The van der Waals surface area contributed by atoms with Gasteiger partial charge in [-0.3, -0.25) is 9.59 Å². The number of rotatable bonds is 7. The van der Waals surface area contributed by atoms with Gasteiger partial charge in [0.05, 0.1) is 31.9 Å². The van der Waals surface area contributed by atoms with E-state index in [-0.39, 0.29) is 24.8 Å². The molecule has 2 aromatic rings. The number of para-hydroxylation sites is 1. The zero-order chi connectivity index (χ0) is 21.0. The van der Waals surface area contributed by atoms with E-state index in [4.69, 9.17) is 9.47 Å². The van der Waals surface area contributed by atoms with Crippen LogP contribution < -0.4 is 19.7 Å². The van der Waals surface area contributed by atoms with Crippen LogP contribution in [0.2, 0.25) is 0 Å². The van der Waals surface area contributed by atoms with Gasteiger partial charge in [-0.1, -0.05) is 12.1 Å². The Hall–Kier alpha value is -2.58. The first-order valence-electron chi connectivity index (χ1n) is 9.17. The van der Waals surface area contributed by atoms with Gasteiger partial charge < -0.3 is 24.8 Å². The Morgan fingerprint density at radius 1 is 1.28 bits per heavy atom. The van der Waals surface area contributed by atoms with Crippen molar-refractivity contribution in [1.82, 2.24) is 5.32 Å². The first kappa shape index (κ1) is 21.1. The first-order chi connectivity index (χ1) is 13.9. The van der Waals surface area contributed by atoms with Crippen LogP contribution in [-0.2, 0) is 9.59 Å². The van der Waals surface area contributed by atoms with Crippen LogP contribution in [0, 0.1) is 5.92 Å². The lowest BCUT2D eigenvalue weighted by Gasteiger charge is -2.19. The van der Waals surface area contributed by atoms with E-state index in [9.17, 15) is 14.7 Å². The average molecular weight is 463 g/mol. The summed E-state index contributed by atoms with van der Waals surface area (Å²) >= 11 is 3.44. The molecule has 7 nitrogen and oxygen atoms in total. The van der Waals surface area contributed by atoms with E-state index < -0.39 is 12.0 Å². The van der Waals surface area contributed by atoms with Crippen molar-refractivity contribution in [3.05, 3.63) is 52.5 Å². The van der Waals surface area contributed by atoms with E-state index in [1.54, 1.807) is 23.1 Å². The van der Waals surface area contributed by atoms with Gasteiger partial charge in [-0.2, -0.15) is 0 Å². The van der Waals surface area contributed by atoms with Crippen molar-refractivity contribution in [2.24, 2.45) is 5.92 Å². The zero-order valence-corrected chi connectivity index (χ0v) is 17.8. The van der Waals surface area contributed by atoms with E-state index in [0.717, 1.165) is 10.2 Å². The Morgan fingerprint density at radius 3 is 2.72 bits per heavy atom. The number of aliphatic hydroxyl groups is 1. The first-order valence-corrected chi connectivity index (χ1v) is 9.96. The molecule has 8 heteroatoms. The molecule has 1 aliphatic heterocycles. The lowest BCUT2D eigenvalue weighted by molar-refractivity contribution is -0.126. The highest BCUT2D eigenvalue weighted by atomic mass is 79.9. The predicted octanol–water partition coefficient (Wildman–Crippen LogP) is 2.67. The molecule has 0 saturated carbocycles. The summed E-state index contributed by atoms with van der Waals surface area (Å²) in [6, 6.07) is 12.5. The summed E-state index contributed by atoms with van der Waals surface area (Å²) in [6.07, 6.45) is -0.841. The fourth-order valence-corrected chi connectivity index (χ4v) is 3.84. The zero-order valence-electron chi connectivity index (χ0n) is 16.2. The van der Waals surface area contributed by atoms with E-state index >= 15 is 0 Å². The molecule has 2 atom stereocenters. The van der Waals surface area contributed by atoms with Crippen LogP contribution >= 0.6 is 15.9 Å². The second-order valence-electron chi connectivity index (χ2n) is 6.73. The van der Waals surface area contributed by atoms with E-state index in [2.05, 4.69) is 21.2 Å². The van der Waals surface area contributed by atoms with Crippen molar-refractivity contribution in [3.8, 4) is 11.5 Å². The third-order valence-corrected chi connectivity index (χ3v) is 5.58. The Bertz CT molecular complexity index is 904. The summed E-state index contributed by atoms with van der Waals surface area (Å²) < 4.78 is 11.3. The molecule has 154 valence electrons. The highest BCUT2D eigenvalue weighted by Gasteiger charge is 2.35. The number of halogens is 1. The van der Waals surface area contributed by atoms with Crippen LogP contribution in [-0.4, -0.2) is 44.2 Å². The third-order valence-electron chi connectivity index (χ3n) is 4.90. The summed E-state index contributed by atoms with van der Waals surface area (Å²) in [5.41, 5.74) is 1.26. The molecule has 2 aromatic carbocycles. The Balaban J connectivity index is 1.63. The van der Waals surface area contributed by atoms with E-state index in [0.29, 0.717) is 23.6 Å². The van der Waals surface area contributed by atoms with Crippen LogP contribution in [0.15, 0.2) is 46.9 Å². The molecule has 0 bridgehead atoms. The van der Waals surface area contributed by atoms with Crippen LogP contribution in [0.4, 0.5) is 5.69 Å². The van der Waals surface area contributed by atoms with Crippen molar-refractivity contribution < 1.29 is 24.2 Å². The van der Waals surface area contributed by atoms with Gasteiger partial charge in [-0.25, -0.2) is 0 Å². The topological polar surface area (TPSA) is 88.1 Å². The fraction of sp³-hybridized carbons (Fsp3) is 0.333. The molecule has 2 amide bonds. The lowest BCUT2D eigenvalue weighted by Crippen LogP contribution is -2.35. The summed E-state index contributed by atoms with van der Waals surface area (Å²) in [4.78, 5) is 26.6. The Morgan fingerprint density at radius 2 is 2.03 bits per heavy atom. The minimum Gasteiger partial charge on any atom is -0.497 e. The number of carbonyl (C=O) groups is 2. The predicted molar refractivity (Wildman–Crippen MR) is 112 cm³/mol. The normalized spacial score (nSPS) is 17.2. The monoisotopic (exact) mass is 462 g/mol. The van der Waals surface area contributed by atoms with Crippen molar-refractivity contribution in [3.63, 3.8) is 0 Å². The second kappa shape index (κ2) is 9.28. The minimum absolute atomic E-state index is 0.00207. The molecule has 0 radical (unpaired) electrons. The number of benzene rings is 2. The van der Waals surface area contributed by atoms with Crippen LogP contribution in [0.3, 0.4) is 0 Å². The number of hydrogen-bond donors (Lipinski definition) is 2. The highest BCUT2D eigenvalue weighted by molar-refractivity contribution is 9.10. The third kappa shape index (κ3) is 4.71. The number of ether oxygens (including phenoxy) is 2. The maximum absolute atomic E-state index is 12.6. The number of methoxy groups -OCH3 is 2. The lowest BCUT2D eigenvalue weighted by atomic mass is 10.1. The summed E-state index contributed by atoms with van der Waals surface area (Å²) in [6.45, 7) is 0.300. The fourth-order valence-electron chi connectivity index (χ4n) is 3.34. The van der Waals surface area contributed by atoms with Gasteiger partial charge in [0.1, 0.15) is 11.5 Å². The van der Waals surface area contributed by atoms with Crippen molar-refractivity contribution in [2.45, 2.75) is 12.5 Å². The molecule has 0 spiro atoms. The van der Waals surface area contributed by atoms with Gasteiger partial charge >= 0.3 is 0 Å². The summed E-state index contributed by atoms with van der Waals surface area (Å²) in [5, 5.41) is 13.3. The van der Waals surface area contributed by atoms with Crippen molar-refractivity contribution in [1.29, 1.82) is 0 Å². The van der Waals surface area contributed by atoms with Gasteiger partial charge in [0.15, 0.2) is 0 Å². The minimum atomic E-state index is -0.972. The molecule has 3 rings (SSSR count). The SMILES string of the molecule is COc1ccc(OC)c(C(O)CNC(=O)C2CC(=O)N(c3ccccc3Br)C2)c1. The molecule has 2 unspecified atom stereocenters. The summed E-state index contributed by atoms with van der Waals surface area (Å²) in [5.74, 6) is 0.232. The van der Waals surface area contributed by atoms with Gasteiger partial charge in [0.25, 0.3) is 0 Å². The molecule has 1 fully saturated rings. The number of anilines is 1. The van der Waals surface area contributed by atoms with Gasteiger partial charge in [-0.15, -0.1) is 0 Å². The number of amides is 2. The highest BCUT2D eigenvalue weighted by Crippen LogP contribution is 2.32. The number of aliphatic hydroxyl groups excluding tert-OH is 1. The second-order valence-corrected chi connectivity index (χ2v) is 7.58. The molecular formula is C21H23BrN2O5. The Labute approximate surface area is 177 Å². The van der Waals surface area contributed by atoms with Gasteiger partial charge in [0, 0.05) is 29.5 Å². The maximum Gasteiger partial charge on any atom is 0.227 e. The smallest absolute Gasteiger partial charge is 0.227 e. The van der Waals surface area contributed by atoms with Crippen LogP contribution in [0.25, 0.3) is 0 Å².